The normalized spacial score (nSPS) is 12.6. The third kappa shape index (κ3) is 2.96. The second-order valence-corrected chi connectivity index (χ2v) is 3.07. The van der Waals surface area contributed by atoms with E-state index in [2.05, 4.69) is 5.32 Å². The maximum Gasteiger partial charge on any atom is 0.149 e. The summed E-state index contributed by atoms with van der Waals surface area (Å²) < 4.78 is 25.5. The summed E-state index contributed by atoms with van der Waals surface area (Å²) in [4.78, 5) is 0. The maximum absolute atomic E-state index is 13.0. The smallest absolute Gasteiger partial charge is 0.149 e. The molecule has 0 bridgehead atoms. The van der Waals surface area contributed by atoms with Crippen molar-refractivity contribution in [3.05, 3.63) is 29.8 Å². The van der Waals surface area contributed by atoms with Crippen LogP contribution in [0, 0.1) is 11.6 Å². The molecule has 1 rings (SSSR count). The molecule has 4 heteroatoms. The molecule has 78 valence electrons. The van der Waals surface area contributed by atoms with E-state index >= 15 is 0 Å². The van der Waals surface area contributed by atoms with Crippen molar-refractivity contribution in [3.8, 4) is 0 Å². The second-order valence-electron chi connectivity index (χ2n) is 3.07. The zero-order valence-corrected chi connectivity index (χ0v) is 7.93. The lowest BCUT2D eigenvalue weighted by Gasteiger charge is -2.11. The number of rotatable bonds is 4. The van der Waals surface area contributed by atoms with Crippen LogP contribution in [0.25, 0.3) is 0 Å². The Morgan fingerprint density at radius 1 is 1.43 bits per heavy atom. The Bertz CT molecular complexity index is 304. The molecule has 0 spiro atoms. The number of aliphatic hydroxyl groups excluding tert-OH is 1. The van der Waals surface area contributed by atoms with E-state index in [0.29, 0.717) is 6.42 Å². The van der Waals surface area contributed by atoms with E-state index in [9.17, 15) is 13.9 Å². The lowest BCUT2D eigenvalue weighted by atomic mass is 10.2. The Morgan fingerprint density at radius 2 is 2.14 bits per heavy atom. The highest BCUT2D eigenvalue weighted by atomic mass is 19.1. The molecule has 0 aliphatic rings. The van der Waals surface area contributed by atoms with E-state index in [-0.39, 0.29) is 12.2 Å². The Morgan fingerprint density at radius 3 is 2.71 bits per heavy atom. The van der Waals surface area contributed by atoms with Crippen molar-refractivity contribution in [2.24, 2.45) is 0 Å². The molecule has 2 nitrogen and oxygen atoms in total. The Kier molecular flexibility index (Phi) is 3.83. The number of hydrogen-bond acceptors (Lipinski definition) is 2. The van der Waals surface area contributed by atoms with E-state index in [4.69, 9.17) is 0 Å². The third-order valence-corrected chi connectivity index (χ3v) is 1.93. The summed E-state index contributed by atoms with van der Waals surface area (Å²) >= 11 is 0. The number of halogens is 2. The van der Waals surface area contributed by atoms with Crippen molar-refractivity contribution >= 4 is 5.69 Å². The summed E-state index contributed by atoms with van der Waals surface area (Å²) in [6, 6.07) is 3.29. The van der Waals surface area contributed by atoms with Crippen LogP contribution in [0.3, 0.4) is 0 Å². The molecular formula is C10H13F2NO. The molecule has 0 unspecified atom stereocenters. The maximum atomic E-state index is 13.0. The first kappa shape index (κ1) is 10.9. The first-order valence-electron chi connectivity index (χ1n) is 4.50. The van der Waals surface area contributed by atoms with Crippen molar-refractivity contribution in [1.29, 1.82) is 0 Å². The van der Waals surface area contributed by atoms with Gasteiger partial charge < -0.3 is 10.4 Å². The minimum Gasteiger partial charge on any atom is -0.391 e. The highest BCUT2D eigenvalue weighted by Gasteiger charge is 2.05. The Balaban J connectivity index is 2.59. The fourth-order valence-electron chi connectivity index (χ4n) is 1.00. The van der Waals surface area contributed by atoms with Crippen LogP contribution >= 0.6 is 0 Å². The van der Waals surface area contributed by atoms with Gasteiger partial charge >= 0.3 is 0 Å². The van der Waals surface area contributed by atoms with Gasteiger partial charge in [-0.2, -0.15) is 0 Å². The van der Waals surface area contributed by atoms with Crippen LogP contribution in [0.4, 0.5) is 14.5 Å². The van der Waals surface area contributed by atoms with Crippen molar-refractivity contribution < 1.29 is 13.9 Å². The monoisotopic (exact) mass is 201 g/mol. The largest absolute Gasteiger partial charge is 0.391 e. The molecule has 0 aliphatic heterocycles. The van der Waals surface area contributed by atoms with Gasteiger partial charge in [0, 0.05) is 12.6 Å². The summed E-state index contributed by atoms with van der Waals surface area (Å²) in [6.07, 6.45) is 0.0787. The third-order valence-electron chi connectivity index (χ3n) is 1.93. The first-order chi connectivity index (χ1) is 6.63. The molecule has 1 aromatic rings. The van der Waals surface area contributed by atoms with Crippen LogP contribution in [0.2, 0.25) is 0 Å². The number of anilines is 1. The molecule has 0 aromatic heterocycles. The van der Waals surface area contributed by atoms with Gasteiger partial charge in [-0.25, -0.2) is 8.78 Å². The summed E-state index contributed by atoms with van der Waals surface area (Å²) in [5.74, 6) is -1.25. The van der Waals surface area contributed by atoms with Gasteiger partial charge in [0.05, 0.1) is 11.8 Å². The average molecular weight is 201 g/mol. The fraction of sp³-hybridized carbons (Fsp3) is 0.400. The number of aliphatic hydroxyl groups is 1. The molecule has 0 aliphatic carbocycles. The van der Waals surface area contributed by atoms with Gasteiger partial charge in [-0.05, 0) is 18.6 Å². The van der Waals surface area contributed by atoms with Gasteiger partial charge in [0.25, 0.3) is 0 Å². The molecule has 1 atom stereocenters. The van der Waals surface area contributed by atoms with Crippen LogP contribution in [0.15, 0.2) is 18.2 Å². The molecule has 2 N–H and O–H groups in total. The van der Waals surface area contributed by atoms with Crippen molar-refractivity contribution in [2.75, 3.05) is 11.9 Å². The number of nitrogens with one attached hydrogen (secondary N) is 1. The number of hydrogen-bond donors (Lipinski definition) is 2. The Hall–Kier alpha value is -1.16. The topological polar surface area (TPSA) is 32.3 Å². The highest BCUT2D eigenvalue weighted by molar-refractivity contribution is 5.44. The van der Waals surface area contributed by atoms with Gasteiger partial charge in [0.2, 0.25) is 0 Å². The van der Waals surface area contributed by atoms with E-state index < -0.39 is 17.7 Å². The lowest BCUT2D eigenvalue weighted by molar-refractivity contribution is 0.183. The second kappa shape index (κ2) is 4.91. The Labute approximate surface area is 81.6 Å². The van der Waals surface area contributed by atoms with Crippen LogP contribution in [0.1, 0.15) is 13.3 Å². The van der Waals surface area contributed by atoms with E-state index in [1.807, 2.05) is 6.92 Å². The lowest BCUT2D eigenvalue weighted by Crippen LogP contribution is -2.18. The van der Waals surface area contributed by atoms with Gasteiger partial charge in [0.1, 0.15) is 11.6 Å². The average Bonchev–Trinajstić information content (AvgIpc) is 2.16. The predicted octanol–water partition coefficient (Wildman–Crippen LogP) is 2.15. The standard InChI is InChI=1S/C10H13F2NO/c1-2-8(14)6-13-10-4-3-7(11)5-9(10)12/h3-5,8,13-14H,2,6H2,1H3/t8-/m0/s1. The minimum atomic E-state index is -0.645. The molecular weight excluding hydrogens is 188 g/mol. The molecule has 0 amide bonds. The van der Waals surface area contributed by atoms with Gasteiger partial charge in [0.15, 0.2) is 0 Å². The minimum absolute atomic E-state index is 0.207. The zero-order valence-electron chi connectivity index (χ0n) is 7.93. The van der Waals surface area contributed by atoms with Crippen LogP contribution in [0.5, 0.6) is 0 Å². The van der Waals surface area contributed by atoms with Gasteiger partial charge in [-0.3, -0.25) is 0 Å². The van der Waals surface area contributed by atoms with Crippen molar-refractivity contribution in [1.82, 2.24) is 0 Å². The van der Waals surface area contributed by atoms with Crippen molar-refractivity contribution in [3.63, 3.8) is 0 Å². The molecule has 0 saturated heterocycles. The highest BCUT2D eigenvalue weighted by Crippen LogP contribution is 2.14. The molecule has 0 saturated carbocycles. The first-order valence-corrected chi connectivity index (χ1v) is 4.50. The SMILES string of the molecule is CC[C@H](O)CNc1ccc(F)cc1F. The molecule has 1 aromatic carbocycles. The molecule has 0 fully saturated rings. The summed E-state index contributed by atoms with van der Waals surface area (Å²) in [5, 5.41) is 11.9. The molecule has 14 heavy (non-hydrogen) atoms. The summed E-state index contributed by atoms with van der Waals surface area (Å²) in [6.45, 7) is 2.09. The molecule has 0 radical (unpaired) electrons. The quantitative estimate of drug-likeness (QED) is 0.782. The van der Waals surface area contributed by atoms with Gasteiger partial charge in [-0.1, -0.05) is 6.92 Å². The van der Waals surface area contributed by atoms with Gasteiger partial charge in [-0.15, -0.1) is 0 Å². The van der Waals surface area contributed by atoms with Crippen LogP contribution in [-0.2, 0) is 0 Å². The fourth-order valence-corrected chi connectivity index (χ4v) is 1.00. The predicted molar refractivity (Wildman–Crippen MR) is 51.1 cm³/mol. The van der Waals surface area contributed by atoms with Crippen molar-refractivity contribution in [2.45, 2.75) is 19.4 Å². The number of benzene rings is 1. The van der Waals surface area contributed by atoms with E-state index in [1.54, 1.807) is 0 Å². The van der Waals surface area contributed by atoms with Crippen LogP contribution in [-0.4, -0.2) is 17.8 Å². The van der Waals surface area contributed by atoms with E-state index in [0.717, 1.165) is 6.07 Å². The van der Waals surface area contributed by atoms with Crippen LogP contribution < -0.4 is 5.32 Å². The zero-order chi connectivity index (χ0) is 10.6. The van der Waals surface area contributed by atoms with E-state index in [1.165, 1.54) is 12.1 Å². The molecule has 0 heterocycles. The summed E-state index contributed by atoms with van der Waals surface area (Å²) in [7, 11) is 0. The summed E-state index contributed by atoms with van der Waals surface area (Å²) in [5.41, 5.74) is 0.207.